The number of carbonyl (C=O) groups is 2. The molecule has 0 aromatic heterocycles. The van der Waals surface area contributed by atoms with E-state index in [1.165, 1.54) is 0 Å². The molecule has 1 rings (SSSR count). The van der Waals surface area contributed by atoms with Crippen molar-refractivity contribution in [3.63, 3.8) is 0 Å². The first-order chi connectivity index (χ1) is 10.0. The van der Waals surface area contributed by atoms with Crippen molar-refractivity contribution in [2.24, 2.45) is 0 Å². The van der Waals surface area contributed by atoms with Crippen LogP contribution < -0.4 is 5.32 Å². The Morgan fingerprint density at radius 3 is 2.27 bits per heavy atom. The van der Waals surface area contributed by atoms with Crippen molar-refractivity contribution < 1.29 is 24.5 Å². The topological polar surface area (TPSA) is 95.9 Å². The number of hydrogen-bond acceptors (Lipinski definition) is 4. The Hall–Kier alpha value is -2.24. The van der Waals surface area contributed by atoms with Crippen LogP contribution in [-0.2, 0) is 16.0 Å². The summed E-state index contributed by atoms with van der Waals surface area (Å²) in [5.41, 5.74) is 1.21. The largest absolute Gasteiger partial charge is 0.507 e. The lowest BCUT2D eigenvalue weighted by Gasteiger charge is -2.22. The first-order valence-corrected chi connectivity index (χ1v) is 7.01. The van der Waals surface area contributed by atoms with Crippen LogP contribution in [0.15, 0.2) is 12.1 Å². The highest BCUT2D eigenvalue weighted by Crippen LogP contribution is 2.26. The van der Waals surface area contributed by atoms with Crippen LogP contribution in [-0.4, -0.2) is 33.9 Å². The molecule has 0 spiro atoms. The predicted octanol–water partition coefficient (Wildman–Crippen LogP) is 2.53. The molecule has 3 N–H and O–H groups in total. The number of alkyl carbamates (subject to hydrolysis) is 1. The average molecular weight is 309 g/mol. The number of aromatic hydroxyl groups is 1. The summed E-state index contributed by atoms with van der Waals surface area (Å²) in [6, 6.07) is 2.38. The summed E-state index contributed by atoms with van der Waals surface area (Å²) in [5.74, 6) is -1.14. The maximum atomic E-state index is 11.7. The number of rotatable bonds is 4. The number of amides is 1. The molecule has 0 saturated carbocycles. The number of carboxylic acid groups (broad SMARTS) is 1. The summed E-state index contributed by atoms with van der Waals surface area (Å²) >= 11 is 0. The standard InChI is InChI=1S/C16H23NO5/c1-9-6-7-10(2)13(18)11(9)8-12(14(19)20)17-15(21)22-16(3,4)5/h6-7,12,18H,8H2,1-5H3,(H,17,21)(H,19,20). The lowest BCUT2D eigenvalue weighted by Crippen LogP contribution is -2.44. The van der Waals surface area contributed by atoms with Crippen molar-refractivity contribution in [1.29, 1.82) is 0 Å². The highest BCUT2D eigenvalue weighted by Gasteiger charge is 2.26. The van der Waals surface area contributed by atoms with Crippen molar-refractivity contribution >= 4 is 12.1 Å². The minimum absolute atomic E-state index is 0.0199. The summed E-state index contributed by atoms with van der Waals surface area (Å²) in [6.07, 6.45) is -0.821. The lowest BCUT2D eigenvalue weighted by molar-refractivity contribution is -0.139. The van der Waals surface area contributed by atoms with Gasteiger partial charge in [-0.05, 0) is 51.3 Å². The lowest BCUT2D eigenvalue weighted by atomic mass is 9.97. The smallest absolute Gasteiger partial charge is 0.408 e. The van der Waals surface area contributed by atoms with Crippen LogP contribution >= 0.6 is 0 Å². The third-order valence-corrected chi connectivity index (χ3v) is 3.12. The minimum Gasteiger partial charge on any atom is -0.507 e. The average Bonchev–Trinajstić information content (AvgIpc) is 2.35. The minimum atomic E-state index is -1.19. The van der Waals surface area contributed by atoms with Crippen LogP contribution in [0, 0.1) is 13.8 Å². The Bertz CT molecular complexity index is 575. The van der Waals surface area contributed by atoms with Gasteiger partial charge in [-0.3, -0.25) is 0 Å². The van der Waals surface area contributed by atoms with Crippen LogP contribution in [0.25, 0.3) is 0 Å². The van der Waals surface area contributed by atoms with Gasteiger partial charge in [0.15, 0.2) is 0 Å². The van der Waals surface area contributed by atoms with Crippen LogP contribution in [0.1, 0.15) is 37.5 Å². The second-order valence-electron chi connectivity index (χ2n) is 6.27. The van der Waals surface area contributed by atoms with Gasteiger partial charge in [0.1, 0.15) is 17.4 Å². The molecular formula is C16H23NO5. The fourth-order valence-electron chi connectivity index (χ4n) is 1.97. The number of carboxylic acids is 1. The van der Waals surface area contributed by atoms with Crippen molar-refractivity contribution in [2.75, 3.05) is 0 Å². The van der Waals surface area contributed by atoms with E-state index in [-0.39, 0.29) is 12.2 Å². The highest BCUT2D eigenvalue weighted by atomic mass is 16.6. The second kappa shape index (κ2) is 6.68. The van der Waals surface area contributed by atoms with Crippen molar-refractivity contribution in [3.8, 4) is 5.75 Å². The molecule has 0 aliphatic rings. The predicted molar refractivity (Wildman–Crippen MR) is 82.1 cm³/mol. The number of ether oxygens (including phenoxy) is 1. The summed E-state index contributed by atoms with van der Waals surface area (Å²) in [6.45, 7) is 8.59. The van der Waals surface area contributed by atoms with Gasteiger partial charge < -0.3 is 20.3 Å². The Morgan fingerprint density at radius 1 is 1.23 bits per heavy atom. The molecule has 0 heterocycles. The number of hydrogen-bond donors (Lipinski definition) is 3. The third kappa shape index (κ3) is 4.95. The molecule has 0 fully saturated rings. The Balaban J connectivity index is 2.93. The van der Waals surface area contributed by atoms with E-state index in [9.17, 15) is 19.8 Å². The molecule has 1 unspecified atom stereocenters. The van der Waals surface area contributed by atoms with E-state index in [1.54, 1.807) is 46.8 Å². The first kappa shape index (κ1) is 17.8. The van der Waals surface area contributed by atoms with Gasteiger partial charge in [0.2, 0.25) is 0 Å². The second-order valence-corrected chi connectivity index (χ2v) is 6.27. The van der Waals surface area contributed by atoms with E-state index in [1.807, 2.05) is 0 Å². The molecule has 0 bridgehead atoms. The van der Waals surface area contributed by atoms with E-state index < -0.39 is 23.7 Å². The fraction of sp³-hybridized carbons (Fsp3) is 0.500. The van der Waals surface area contributed by atoms with E-state index in [4.69, 9.17) is 4.74 Å². The monoisotopic (exact) mass is 309 g/mol. The van der Waals surface area contributed by atoms with Gasteiger partial charge in [0, 0.05) is 6.42 Å². The highest BCUT2D eigenvalue weighted by molar-refractivity contribution is 5.80. The Labute approximate surface area is 130 Å². The number of phenols is 1. The third-order valence-electron chi connectivity index (χ3n) is 3.12. The number of aryl methyl sites for hydroxylation is 2. The van der Waals surface area contributed by atoms with Crippen LogP contribution in [0.2, 0.25) is 0 Å². The molecular weight excluding hydrogens is 286 g/mol. The molecule has 6 heteroatoms. The summed E-state index contributed by atoms with van der Waals surface area (Å²) in [5, 5.41) is 21.7. The van der Waals surface area contributed by atoms with Crippen LogP contribution in [0.5, 0.6) is 5.75 Å². The van der Waals surface area contributed by atoms with E-state index >= 15 is 0 Å². The molecule has 22 heavy (non-hydrogen) atoms. The zero-order valence-corrected chi connectivity index (χ0v) is 13.6. The van der Waals surface area contributed by atoms with E-state index in [0.29, 0.717) is 11.1 Å². The van der Waals surface area contributed by atoms with Crippen molar-refractivity contribution in [2.45, 2.75) is 52.7 Å². The molecule has 0 saturated heterocycles. The van der Waals surface area contributed by atoms with Gasteiger partial charge in [0.25, 0.3) is 0 Å². The van der Waals surface area contributed by atoms with Crippen molar-refractivity contribution in [1.82, 2.24) is 5.32 Å². The zero-order valence-electron chi connectivity index (χ0n) is 13.6. The first-order valence-electron chi connectivity index (χ1n) is 7.01. The summed E-state index contributed by atoms with van der Waals surface area (Å²) < 4.78 is 5.06. The van der Waals surface area contributed by atoms with Gasteiger partial charge in [-0.25, -0.2) is 9.59 Å². The summed E-state index contributed by atoms with van der Waals surface area (Å²) in [4.78, 5) is 23.1. The molecule has 0 aliphatic heterocycles. The fourth-order valence-corrected chi connectivity index (χ4v) is 1.97. The van der Waals surface area contributed by atoms with Gasteiger partial charge in [0.05, 0.1) is 0 Å². The number of phenolic OH excluding ortho intramolecular Hbond substituents is 1. The zero-order chi connectivity index (χ0) is 17.1. The number of nitrogens with one attached hydrogen (secondary N) is 1. The molecule has 0 aliphatic carbocycles. The molecule has 0 radical (unpaired) electrons. The summed E-state index contributed by atoms with van der Waals surface area (Å²) in [7, 11) is 0. The van der Waals surface area contributed by atoms with E-state index in [2.05, 4.69) is 5.32 Å². The normalized spacial score (nSPS) is 12.6. The molecule has 1 aromatic rings. The number of aliphatic carboxylic acids is 1. The van der Waals surface area contributed by atoms with E-state index in [0.717, 1.165) is 5.56 Å². The van der Waals surface area contributed by atoms with Crippen LogP contribution in [0.3, 0.4) is 0 Å². The van der Waals surface area contributed by atoms with Gasteiger partial charge >= 0.3 is 12.1 Å². The Kier molecular flexibility index (Phi) is 5.41. The van der Waals surface area contributed by atoms with Gasteiger partial charge in [-0.15, -0.1) is 0 Å². The SMILES string of the molecule is Cc1ccc(C)c(CC(NC(=O)OC(C)(C)C)C(=O)O)c1O. The molecule has 1 atom stereocenters. The molecule has 122 valence electrons. The molecule has 1 amide bonds. The quantitative estimate of drug-likeness (QED) is 0.794. The molecule has 1 aromatic carbocycles. The maximum absolute atomic E-state index is 11.7. The van der Waals surface area contributed by atoms with Crippen LogP contribution in [0.4, 0.5) is 4.79 Å². The molecule has 6 nitrogen and oxygen atoms in total. The number of benzene rings is 1. The van der Waals surface area contributed by atoms with Gasteiger partial charge in [-0.2, -0.15) is 0 Å². The van der Waals surface area contributed by atoms with Crippen molar-refractivity contribution in [3.05, 3.63) is 28.8 Å². The number of carbonyl (C=O) groups excluding carboxylic acids is 1. The van der Waals surface area contributed by atoms with Gasteiger partial charge in [-0.1, -0.05) is 12.1 Å². The Morgan fingerprint density at radius 2 is 1.77 bits per heavy atom. The maximum Gasteiger partial charge on any atom is 0.408 e.